The number of hydrogen-bond acceptors (Lipinski definition) is 5. The maximum absolute atomic E-state index is 12.1. The van der Waals surface area contributed by atoms with Crippen LogP contribution in [0.4, 0.5) is 5.13 Å². The molecule has 0 radical (unpaired) electrons. The molecule has 0 saturated heterocycles. The summed E-state index contributed by atoms with van der Waals surface area (Å²) < 4.78 is 22.9. The molecule has 1 heterocycles. The summed E-state index contributed by atoms with van der Waals surface area (Å²) in [6.45, 7) is 3.79. The molecular formula is C13H14N2O3S2. The van der Waals surface area contributed by atoms with Crippen LogP contribution < -0.4 is 5.32 Å². The predicted molar refractivity (Wildman–Crippen MR) is 79.1 cm³/mol. The van der Waals surface area contributed by atoms with Gasteiger partial charge in [-0.15, -0.1) is 11.3 Å². The van der Waals surface area contributed by atoms with Crippen LogP contribution in [-0.4, -0.2) is 25.6 Å². The quantitative estimate of drug-likeness (QED) is 0.944. The molecule has 0 aliphatic rings. The molecule has 106 valence electrons. The lowest BCUT2D eigenvalue weighted by Gasteiger charge is -2.03. The Kier molecular flexibility index (Phi) is 3.92. The van der Waals surface area contributed by atoms with E-state index in [-0.39, 0.29) is 10.8 Å². The molecule has 0 bridgehead atoms. The lowest BCUT2D eigenvalue weighted by molar-refractivity contribution is 0.102. The number of nitrogens with one attached hydrogen (secondary N) is 1. The number of carbonyl (C=O) groups excluding carboxylic acids is 1. The Bertz CT molecular complexity index is 744. The summed E-state index contributed by atoms with van der Waals surface area (Å²) in [6.07, 6.45) is 1.11. The second-order valence-corrected chi connectivity index (χ2v) is 7.63. The number of benzene rings is 1. The van der Waals surface area contributed by atoms with E-state index in [9.17, 15) is 13.2 Å². The van der Waals surface area contributed by atoms with E-state index in [4.69, 9.17) is 0 Å². The first-order valence-corrected chi connectivity index (χ1v) is 8.53. The molecule has 0 aliphatic carbocycles. The molecule has 1 amide bonds. The molecule has 0 saturated carbocycles. The zero-order valence-electron chi connectivity index (χ0n) is 11.3. The summed E-state index contributed by atoms with van der Waals surface area (Å²) >= 11 is 1.39. The van der Waals surface area contributed by atoms with Crippen LogP contribution in [-0.2, 0) is 9.84 Å². The van der Waals surface area contributed by atoms with E-state index in [1.807, 2.05) is 13.8 Å². The number of carbonyl (C=O) groups is 1. The van der Waals surface area contributed by atoms with Gasteiger partial charge in [0.25, 0.3) is 5.91 Å². The molecule has 5 nitrogen and oxygen atoms in total. The van der Waals surface area contributed by atoms with Crippen molar-refractivity contribution >= 4 is 32.2 Å². The van der Waals surface area contributed by atoms with Crippen molar-refractivity contribution in [1.82, 2.24) is 4.98 Å². The number of sulfone groups is 1. The van der Waals surface area contributed by atoms with Crippen molar-refractivity contribution in [3.05, 3.63) is 40.4 Å². The van der Waals surface area contributed by atoms with Gasteiger partial charge in [-0.05, 0) is 32.0 Å². The first-order chi connectivity index (χ1) is 9.27. The van der Waals surface area contributed by atoms with Crippen LogP contribution in [0.1, 0.15) is 20.9 Å². The fourth-order valence-electron chi connectivity index (χ4n) is 1.56. The van der Waals surface area contributed by atoms with Gasteiger partial charge in [0, 0.05) is 16.7 Å². The van der Waals surface area contributed by atoms with Crippen molar-refractivity contribution in [2.45, 2.75) is 18.7 Å². The average molecular weight is 310 g/mol. The van der Waals surface area contributed by atoms with E-state index >= 15 is 0 Å². The van der Waals surface area contributed by atoms with Gasteiger partial charge >= 0.3 is 0 Å². The number of aryl methyl sites for hydroxylation is 2. The largest absolute Gasteiger partial charge is 0.298 e. The van der Waals surface area contributed by atoms with Crippen molar-refractivity contribution in [3.8, 4) is 0 Å². The van der Waals surface area contributed by atoms with E-state index in [1.165, 1.54) is 23.5 Å². The highest BCUT2D eigenvalue weighted by Gasteiger charge is 2.13. The van der Waals surface area contributed by atoms with Crippen LogP contribution in [0.5, 0.6) is 0 Å². The summed E-state index contributed by atoms with van der Waals surface area (Å²) in [5, 5.41) is 3.18. The van der Waals surface area contributed by atoms with Crippen LogP contribution in [0.25, 0.3) is 0 Å². The summed E-state index contributed by atoms with van der Waals surface area (Å²) in [5.74, 6) is -0.371. The van der Waals surface area contributed by atoms with E-state index in [0.29, 0.717) is 10.7 Å². The van der Waals surface area contributed by atoms with Crippen LogP contribution >= 0.6 is 11.3 Å². The van der Waals surface area contributed by atoms with Gasteiger partial charge in [-0.25, -0.2) is 13.4 Å². The summed E-state index contributed by atoms with van der Waals surface area (Å²) in [6, 6.07) is 5.93. The third kappa shape index (κ3) is 3.23. The Morgan fingerprint density at radius 3 is 2.55 bits per heavy atom. The number of aromatic nitrogens is 1. The van der Waals surface area contributed by atoms with Crippen molar-refractivity contribution in [1.29, 1.82) is 0 Å². The lowest BCUT2D eigenvalue weighted by atomic mass is 10.2. The van der Waals surface area contributed by atoms with E-state index in [1.54, 1.807) is 12.1 Å². The molecule has 7 heteroatoms. The van der Waals surface area contributed by atoms with Gasteiger partial charge < -0.3 is 0 Å². The van der Waals surface area contributed by atoms with Gasteiger partial charge in [-0.2, -0.15) is 0 Å². The van der Waals surface area contributed by atoms with Crippen molar-refractivity contribution in [2.75, 3.05) is 11.6 Å². The van der Waals surface area contributed by atoms with E-state index in [0.717, 1.165) is 16.8 Å². The number of anilines is 1. The monoisotopic (exact) mass is 310 g/mol. The van der Waals surface area contributed by atoms with Gasteiger partial charge in [0.2, 0.25) is 0 Å². The van der Waals surface area contributed by atoms with Gasteiger partial charge in [-0.1, -0.05) is 6.07 Å². The minimum atomic E-state index is -3.33. The van der Waals surface area contributed by atoms with E-state index in [2.05, 4.69) is 10.3 Å². The normalized spacial score (nSPS) is 11.3. The van der Waals surface area contributed by atoms with Crippen LogP contribution in [0, 0.1) is 13.8 Å². The molecule has 1 aromatic heterocycles. The summed E-state index contributed by atoms with van der Waals surface area (Å²) in [5.41, 5.74) is 1.16. The molecule has 1 aromatic carbocycles. The summed E-state index contributed by atoms with van der Waals surface area (Å²) in [7, 11) is -3.33. The molecule has 0 aliphatic heterocycles. The molecule has 0 fully saturated rings. The zero-order chi connectivity index (χ0) is 14.9. The fourth-order valence-corrected chi connectivity index (χ4v) is 3.04. The van der Waals surface area contributed by atoms with Crippen LogP contribution in [0.15, 0.2) is 29.2 Å². The first-order valence-electron chi connectivity index (χ1n) is 5.83. The number of rotatable bonds is 3. The maximum atomic E-state index is 12.1. The Labute approximate surface area is 121 Å². The van der Waals surface area contributed by atoms with Gasteiger partial charge in [-0.3, -0.25) is 10.1 Å². The van der Waals surface area contributed by atoms with Crippen molar-refractivity contribution < 1.29 is 13.2 Å². The topological polar surface area (TPSA) is 76.1 Å². The number of hydrogen-bond donors (Lipinski definition) is 1. The number of nitrogens with zero attached hydrogens (tertiary/aromatic N) is 1. The minimum absolute atomic E-state index is 0.122. The smallest absolute Gasteiger partial charge is 0.257 e. The molecule has 0 spiro atoms. The molecule has 0 atom stereocenters. The second kappa shape index (κ2) is 5.34. The minimum Gasteiger partial charge on any atom is -0.298 e. The highest BCUT2D eigenvalue weighted by molar-refractivity contribution is 7.90. The standard InChI is InChI=1S/C13H14N2O3S2/c1-8-9(2)19-13(14-8)15-12(16)10-5-4-6-11(7-10)20(3,17)18/h4-7H,1-3H3,(H,14,15,16). The fraction of sp³-hybridized carbons (Fsp3) is 0.231. The maximum Gasteiger partial charge on any atom is 0.257 e. The molecule has 2 aromatic rings. The average Bonchev–Trinajstić information content (AvgIpc) is 2.67. The Morgan fingerprint density at radius 2 is 2.00 bits per heavy atom. The highest BCUT2D eigenvalue weighted by atomic mass is 32.2. The molecule has 0 unspecified atom stereocenters. The Morgan fingerprint density at radius 1 is 1.30 bits per heavy atom. The number of thiazole rings is 1. The number of amides is 1. The van der Waals surface area contributed by atoms with Gasteiger partial charge in [0.15, 0.2) is 15.0 Å². The zero-order valence-corrected chi connectivity index (χ0v) is 12.9. The lowest BCUT2D eigenvalue weighted by Crippen LogP contribution is -2.12. The molecule has 2 rings (SSSR count). The SMILES string of the molecule is Cc1nc(NC(=O)c2cccc(S(C)(=O)=O)c2)sc1C. The first kappa shape index (κ1) is 14.7. The van der Waals surface area contributed by atoms with Crippen LogP contribution in [0.3, 0.4) is 0 Å². The Hall–Kier alpha value is -1.73. The highest BCUT2D eigenvalue weighted by Crippen LogP contribution is 2.22. The second-order valence-electron chi connectivity index (χ2n) is 4.41. The third-order valence-corrected chi connectivity index (χ3v) is 4.87. The molecule has 20 heavy (non-hydrogen) atoms. The van der Waals surface area contributed by atoms with Crippen molar-refractivity contribution in [3.63, 3.8) is 0 Å². The van der Waals surface area contributed by atoms with Gasteiger partial charge in [0.1, 0.15) is 0 Å². The Balaban J connectivity index is 2.26. The van der Waals surface area contributed by atoms with E-state index < -0.39 is 9.84 Å². The molecular weight excluding hydrogens is 296 g/mol. The van der Waals surface area contributed by atoms with Crippen LogP contribution in [0.2, 0.25) is 0 Å². The third-order valence-electron chi connectivity index (χ3n) is 2.77. The van der Waals surface area contributed by atoms with Gasteiger partial charge in [0.05, 0.1) is 10.6 Å². The van der Waals surface area contributed by atoms with Crippen molar-refractivity contribution in [2.24, 2.45) is 0 Å². The predicted octanol–water partition coefficient (Wildman–Crippen LogP) is 2.42. The summed E-state index contributed by atoms with van der Waals surface area (Å²) in [4.78, 5) is 17.4. The molecule has 1 N–H and O–H groups in total.